The molecule has 0 saturated heterocycles. The Balaban J connectivity index is 2.58. The van der Waals surface area contributed by atoms with Crippen molar-refractivity contribution in [1.82, 2.24) is 0 Å². The van der Waals surface area contributed by atoms with Gasteiger partial charge in [0.15, 0.2) is 11.3 Å². The van der Waals surface area contributed by atoms with E-state index in [1.807, 2.05) is 6.07 Å². The van der Waals surface area contributed by atoms with Crippen molar-refractivity contribution in [3.63, 3.8) is 0 Å². The number of fused-ring (bicyclic) bond motifs is 1. The first kappa shape index (κ1) is 12.7. The third-order valence-electron chi connectivity index (χ3n) is 3.30. The third-order valence-corrected chi connectivity index (χ3v) is 3.30. The van der Waals surface area contributed by atoms with E-state index in [4.69, 9.17) is 4.42 Å². The van der Waals surface area contributed by atoms with E-state index < -0.39 is 0 Å². The molecule has 1 aromatic carbocycles. The third kappa shape index (κ3) is 2.26. The molecule has 0 fully saturated rings. The molecule has 0 bridgehead atoms. The van der Waals surface area contributed by atoms with Gasteiger partial charge in [-0.2, -0.15) is 0 Å². The quantitative estimate of drug-likeness (QED) is 0.663. The Morgan fingerprint density at radius 1 is 1.28 bits per heavy atom. The van der Waals surface area contributed by atoms with E-state index in [1.165, 1.54) is 6.07 Å². The summed E-state index contributed by atoms with van der Waals surface area (Å²) in [6.07, 6.45) is 4.18. The van der Waals surface area contributed by atoms with Crippen LogP contribution < -0.4 is 5.63 Å². The van der Waals surface area contributed by atoms with Crippen molar-refractivity contribution < 1.29 is 9.52 Å². The fraction of sp³-hybridized carbons (Fsp3) is 0.400. The molecule has 0 saturated carbocycles. The topological polar surface area (TPSA) is 50.4 Å². The fourth-order valence-corrected chi connectivity index (χ4v) is 2.24. The van der Waals surface area contributed by atoms with Crippen molar-refractivity contribution in [2.45, 2.75) is 39.5 Å². The van der Waals surface area contributed by atoms with Gasteiger partial charge < -0.3 is 9.52 Å². The maximum absolute atomic E-state index is 11.8. The summed E-state index contributed by atoms with van der Waals surface area (Å²) in [6.45, 7) is 3.94. The van der Waals surface area contributed by atoms with E-state index in [2.05, 4.69) is 6.92 Å². The molecule has 3 heteroatoms. The molecule has 0 unspecified atom stereocenters. The average molecular weight is 246 g/mol. The Morgan fingerprint density at radius 2 is 2.06 bits per heavy atom. The molecular formula is C15H18O3. The van der Waals surface area contributed by atoms with Gasteiger partial charge in [-0.25, -0.2) is 4.79 Å². The van der Waals surface area contributed by atoms with Crippen molar-refractivity contribution in [2.24, 2.45) is 0 Å². The zero-order valence-electron chi connectivity index (χ0n) is 10.8. The summed E-state index contributed by atoms with van der Waals surface area (Å²) in [5.74, 6) is 0.0290. The number of rotatable bonds is 4. The Morgan fingerprint density at radius 3 is 2.78 bits per heavy atom. The molecular weight excluding hydrogens is 228 g/mol. The van der Waals surface area contributed by atoms with Crippen LogP contribution in [0.2, 0.25) is 0 Å². The molecule has 0 aliphatic carbocycles. The van der Waals surface area contributed by atoms with Gasteiger partial charge in [-0.3, -0.25) is 0 Å². The first-order valence-corrected chi connectivity index (χ1v) is 6.39. The second kappa shape index (κ2) is 5.25. The highest BCUT2D eigenvalue weighted by atomic mass is 16.4. The Labute approximate surface area is 106 Å². The zero-order chi connectivity index (χ0) is 13.1. The second-order valence-electron chi connectivity index (χ2n) is 4.60. The number of benzene rings is 1. The van der Waals surface area contributed by atoms with E-state index in [0.29, 0.717) is 11.1 Å². The summed E-state index contributed by atoms with van der Waals surface area (Å²) in [4.78, 5) is 11.8. The smallest absolute Gasteiger partial charge is 0.339 e. The molecule has 2 rings (SSSR count). The molecule has 0 aliphatic rings. The minimum absolute atomic E-state index is 0.0290. The van der Waals surface area contributed by atoms with Gasteiger partial charge in [-0.15, -0.1) is 0 Å². The highest BCUT2D eigenvalue weighted by molar-refractivity contribution is 5.85. The number of aromatic hydroxyl groups is 1. The van der Waals surface area contributed by atoms with Crippen LogP contribution >= 0.6 is 0 Å². The van der Waals surface area contributed by atoms with Crippen molar-refractivity contribution in [3.8, 4) is 5.75 Å². The van der Waals surface area contributed by atoms with E-state index in [1.54, 1.807) is 13.0 Å². The molecule has 18 heavy (non-hydrogen) atoms. The standard InChI is InChI=1S/C15H18O3/c1-3-4-5-7-11-10(2)15(17)18-14-12(11)8-6-9-13(14)16/h6,8-9,16H,3-5,7H2,1-2H3. The minimum atomic E-state index is -0.351. The van der Waals surface area contributed by atoms with Gasteiger partial charge in [0.25, 0.3) is 0 Å². The predicted octanol–water partition coefficient (Wildman–Crippen LogP) is 3.54. The van der Waals surface area contributed by atoms with Crippen LogP contribution in [0.1, 0.15) is 37.3 Å². The molecule has 1 heterocycles. The second-order valence-corrected chi connectivity index (χ2v) is 4.60. The Kier molecular flexibility index (Phi) is 3.70. The summed E-state index contributed by atoms with van der Waals surface area (Å²) in [5.41, 5.74) is 1.62. The molecule has 0 radical (unpaired) electrons. The van der Waals surface area contributed by atoms with Crippen LogP contribution in [0.25, 0.3) is 11.0 Å². The van der Waals surface area contributed by atoms with Gasteiger partial charge in [-0.05, 0) is 31.4 Å². The SMILES string of the molecule is CCCCCc1c(C)c(=O)oc2c(O)cccc12. The number of phenolic OH excluding ortho intramolecular Hbond substituents is 1. The molecule has 0 amide bonds. The van der Waals surface area contributed by atoms with Crippen LogP contribution in [0.5, 0.6) is 5.75 Å². The highest BCUT2D eigenvalue weighted by Gasteiger charge is 2.12. The van der Waals surface area contributed by atoms with Gasteiger partial charge in [0, 0.05) is 10.9 Å². The fourth-order valence-electron chi connectivity index (χ4n) is 2.24. The maximum atomic E-state index is 11.8. The van der Waals surface area contributed by atoms with Gasteiger partial charge in [0.05, 0.1) is 0 Å². The first-order valence-electron chi connectivity index (χ1n) is 6.39. The number of hydrogen-bond donors (Lipinski definition) is 1. The number of para-hydroxylation sites is 1. The molecule has 0 atom stereocenters. The van der Waals surface area contributed by atoms with Crippen LogP contribution in [-0.4, -0.2) is 5.11 Å². The predicted molar refractivity (Wildman–Crippen MR) is 72.1 cm³/mol. The van der Waals surface area contributed by atoms with Gasteiger partial charge in [-0.1, -0.05) is 31.9 Å². The molecule has 2 aromatic rings. The van der Waals surface area contributed by atoms with E-state index >= 15 is 0 Å². The summed E-state index contributed by atoms with van der Waals surface area (Å²) in [7, 11) is 0. The summed E-state index contributed by atoms with van der Waals surface area (Å²) >= 11 is 0. The zero-order valence-corrected chi connectivity index (χ0v) is 10.8. The van der Waals surface area contributed by atoms with Crippen molar-refractivity contribution in [3.05, 3.63) is 39.7 Å². The molecule has 96 valence electrons. The van der Waals surface area contributed by atoms with Crippen LogP contribution in [-0.2, 0) is 6.42 Å². The number of aryl methyl sites for hydroxylation is 1. The van der Waals surface area contributed by atoms with Crippen molar-refractivity contribution in [2.75, 3.05) is 0 Å². The van der Waals surface area contributed by atoms with Crippen molar-refractivity contribution in [1.29, 1.82) is 0 Å². The Hall–Kier alpha value is -1.77. The summed E-state index contributed by atoms with van der Waals surface area (Å²) in [6, 6.07) is 5.21. The lowest BCUT2D eigenvalue weighted by atomic mass is 9.99. The molecule has 1 N–H and O–H groups in total. The monoisotopic (exact) mass is 246 g/mol. The highest BCUT2D eigenvalue weighted by Crippen LogP contribution is 2.28. The van der Waals surface area contributed by atoms with E-state index in [0.717, 1.165) is 36.6 Å². The van der Waals surface area contributed by atoms with E-state index in [-0.39, 0.29) is 11.4 Å². The lowest BCUT2D eigenvalue weighted by molar-refractivity contribution is 0.455. The lowest BCUT2D eigenvalue weighted by Crippen LogP contribution is -2.08. The van der Waals surface area contributed by atoms with Gasteiger partial charge in [0.2, 0.25) is 0 Å². The minimum Gasteiger partial charge on any atom is -0.504 e. The van der Waals surface area contributed by atoms with Crippen LogP contribution in [0, 0.1) is 6.92 Å². The number of phenols is 1. The first-order chi connectivity index (χ1) is 8.65. The molecule has 0 aliphatic heterocycles. The maximum Gasteiger partial charge on any atom is 0.339 e. The van der Waals surface area contributed by atoms with Crippen molar-refractivity contribution >= 4 is 11.0 Å². The van der Waals surface area contributed by atoms with E-state index in [9.17, 15) is 9.90 Å². The van der Waals surface area contributed by atoms with Crippen LogP contribution in [0.4, 0.5) is 0 Å². The molecule has 1 aromatic heterocycles. The largest absolute Gasteiger partial charge is 0.504 e. The average Bonchev–Trinajstić information content (AvgIpc) is 2.35. The van der Waals surface area contributed by atoms with Crippen LogP contribution in [0.3, 0.4) is 0 Å². The molecule has 0 spiro atoms. The van der Waals surface area contributed by atoms with Gasteiger partial charge >= 0.3 is 5.63 Å². The van der Waals surface area contributed by atoms with Crippen LogP contribution in [0.15, 0.2) is 27.4 Å². The van der Waals surface area contributed by atoms with Gasteiger partial charge in [0.1, 0.15) is 0 Å². The summed E-state index contributed by atoms with van der Waals surface area (Å²) < 4.78 is 5.16. The summed E-state index contributed by atoms with van der Waals surface area (Å²) in [5, 5.41) is 10.6. The number of hydrogen-bond acceptors (Lipinski definition) is 3. The Bertz CT molecular complexity index is 611. The normalized spacial score (nSPS) is 11.0. The lowest BCUT2D eigenvalue weighted by Gasteiger charge is -2.09. The number of unbranched alkanes of at least 4 members (excludes halogenated alkanes) is 2. The molecule has 3 nitrogen and oxygen atoms in total.